The average molecular weight is 1580 g/mol. The van der Waals surface area contributed by atoms with Crippen molar-refractivity contribution in [3.05, 3.63) is 286 Å². The van der Waals surface area contributed by atoms with E-state index in [1.807, 2.05) is 0 Å². The summed E-state index contributed by atoms with van der Waals surface area (Å²) in [5, 5.41) is 0. The van der Waals surface area contributed by atoms with Crippen LogP contribution in [0.25, 0.3) is 22.3 Å². The Morgan fingerprint density at radius 3 is 0.673 bits per heavy atom. The topological polar surface area (TPSA) is 186 Å². The van der Waals surface area contributed by atoms with E-state index in [0.29, 0.717) is 68.5 Å². The van der Waals surface area contributed by atoms with Crippen molar-refractivity contribution in [2.24, 2.45) is 0 Å². The number of anilines is 4. The minimum Gasteiger partial charge on any atom is -0.457 e. The first-order valence-electron chi connectivity index (χ1n) is 32.4. The molecule has 113 heavy (non-hydrogen) atoms. The van der Waals surface area contributed by atoms with E-state index in [1.54, 1.807) is 0 Å². The van der Waals surface area contributed by atoms with Crippen LogP contribution in [0.3, 0.4) is 0 Å². The van der Waals surface area contributed by atoms with Crippen LogP contribution in [0.15, 0.2) is 231 Å². The Balaban J connectivity index is 0.670. The third-order valence-electron chi connectivity index (χ3n) is 18.2. The van der Waals surface area contributed by atoms with Crippen molar-refractivity contribution in [1.82, 2.24) is 0 Å². The number of hydrogen-bond donors (Lipinski definition) is 0. The number of ether oxygens (including phenoxy) is 4. The largest absolute Gasteiger partial charge is 0.457 e. The van der Waals surface area contributed by atoms with E-state index in [2.05, 4.69) is 0 Å². The number of imide groups is 4. The van der Waals surface area contributed by atoms with Gasteiger partial charge in [0, 0.05) is 24.3 Å². The first-order chi connectivity index (χ1) is 53.1. The third-order valence-corrected chi connectivity index (χ3v) is 18.2. The smallest absolute Gasteiger partial charge is 0.420 e. The minimum atomic E-state index is -6.54. The molecule has 4 aliphatic heterocycles. The van der Waals surface area contributed by atoms with Gasteiger partial charge in [-0.05, 0) is 179 Å². The number of carbonyl (C=O) groups excluding carboxylic acids is 8. The molecule has 0 bridgehead atoms. The predicted molar refractivity (Wildman–Crippen MR) is 361 cm³/mol. The molecular weight excluding hydrogens is 1540 g/mol. The van der Waals surface area contributed by atoms with E-state index in [1.165, 1.54) is 97.1 Å². The molecule has 572 valence electrons. The van der Waals surface area contributed by atoms with Gasteiger partial charge in [-0.25, -0.2) is 19.6 Å². The molecule has 0 radical (unpaired) electrons. The monoisotopic (exact) mass is 1580 g/mol. The van der Waals surface area contributed by atoms with Crippen molar-refractivity contribution in [1.29, 1.82) is 0 Å². The zero-order valence-electron chi connectivity index (χ0n) is 55.9. The summed E-state index contributed by atoms with van der Waals surface area (Å²) >= 11 is 0. The number of amides is 8. The predicted octanol–water partition coefficient (Wildman–Crippen LogP) is 20.1. The van der Waals surface area contributed by atoms with Gasteiger partial charge in [-0.15, -0.1) is 0 Å². The summed E-state index contributed by atoms with van der Waals surface area (Å²) in [6.07, 6.45) is -30.3. The van der Waals surface area contributed by atoms with Gasteiger partial charge in [0.05, 0.1) is 45.0 Å². The quantitative estimate of drug-likeness (QED) is 0.0659. The fourth-order valence-electron chi connectivity index (χ4n) is 12.9. The molecule has 0 fully saturated rings. The molecule has 0 aromatic heterocycles. The molecule has 0 N–H and O–H groups in total. The Kier molecular flexibility index (Phi) is 18.4. The maximum absolute atomic E-state index is 15.8. The molecule has 0 unspecified atom stereocenters. The Bertz CT molecular complexity index is 5360. The van der Waals surface area contributed by atoms with Gasteiger partial charge in [0.25, 0.3) is 47.3 Å². The van der Waals surface area contributed by atoms with Crippen LogP contribution in [-0.2, 0) is 49.3 Å². The summed E-state index contributed by atoms with van der Waals surface area (Å²) in [4.78, 5) is 106. The van der Waals surface area contributed by atoms with Gasteiger partial charge >= 0.3 is 37.1 Å². The molecule has 8 amide bonds. The highest BCUT2D eigenvalue weighted by molar-refractivity contribution is 6.36. The number of fused-ring (bicyclic) bond motifs is 2. The highest BCUT2D eigenvalue weighted by atomic mass is 19.4. The highest BCUT2D eigenvalue weighted by Gasteiger charge is 2.73. The molecule has 34 heteroatoms. The van der Waals surface area contributed by atoms with Crippen molar-refractivity contribution in [2.75, 3.05) is 19.6 Å². The van der Waals surface area contributed by atoms with Crippen molar-refractivity contribution in [3.8, 4) is 68.2 Å². The molecular formula is C79H38F18N4O12. The normalized spacial score (nSPS) is 14.8. The number of benzene rings is 10. The highest BCUT2D eigenvalue weighted by Crippen LogP contribution is 2.58. The standard InChI is InChI=1S/C79H38F18N4O12/c80-74(81,82)57-35-45(98-65(102)29-30-66(98)103)11-25-61(57)110-49-15-1-39(2-16-49)41-5-19-51(20-6-41)112-63-27-13-47(37-59(63)76(86,87)88)100-69(106)53-23-9-43(33-55(53)71(100)108)73(78(92,93)94,79(95,96)97)44-10-24-54-56(34-44)72(109)101(70(54)107)48-14-28-64(60(38-48)77(89,90)91)113-52-21-7-42(8-22-52)40-3-17-50(18-4-40)111-62-26-12-46(36-58(62)75(83,84)85)99-67(104)31-32-68(99)105/h1-38H. The second kappa shape index (κ2) is 27.3. The maximum Gasteiger partial charge on any atom is 0.420 e. The SMILES string of the molecule is O=C1C=CC(=O)N1c1ccc(Oc2ccc(-c3ccc(Oc4ccc(N5C(=O)c6ccc(C(c7ccc8c(c7)C(=O)N(c7ccc(Oc9ccc(-c%10ccc(Oc%11ccc(N%12C(=O)C=CC%12=O)cc%11C(F)(F)F)cc%10)cc9)c(C(F)(F)F)c7)C8=O)(C(F)(F)F)C(F)(F)F)cc6C5=O)cc4C(F)(F)F)cc3)cc2)c(C(F)(F)F)c1. The van der Waals surface area contributed by atoms with Crippen LogP contribution in [0.2, 0.25) is 0 Å². The molecule has 0 aliphatic carbocycles. The van der Waals surface area contributed by atoms with Gasteiger partial charge in [-0.3, -0.25) is 38.4 Å². The van der Waals surface area contributed by atoms with Gasteiger partial charge in [-0.2, -0.15) is 79.0 Å². The Labute approximate surface area is 620 Å². The lowest BCUT2D eigenvalue weighted by Gasteiger charge is -2.38. The second-order valence-corrected chi connectivity index (χ2v) is 25.1. The summed E-state index contributed by atoms with van der Waals surface area (Å²) in [6, 6.07) is 30.3. The molecule has 4 heterocycles. The Morgan fingerprint density at radius 1 is 0.230 bits per heavy atom. The van der Waals surface area contributed by atoms with Crippen LogP contribution in [0.1, 0.15) is 74.8 Å². The van der Waals surface area contributed by atoms with E-state index < -0.39 is 180 Å². The molecule has 0 saturated carbocycles. The first kappa shape index (κ1) is 76.0. The zero-order valence-corrected chi connectivity index (χ0v) is 55.9. The maximum atomic E-state index is 15.8. The number of hydrogen-bond acceptors (Lipinski definition) is 12. The van der Waals surface area contributed by atoms with Crippen molar-refractivity contribution in [2.45, 2.75) is 42.5 Å². The number of nitrogens with zero attached hydrogens (tertiary/aromatic N) is 4. The summed E-state index contributed by atoms with van der Waals surface area (Å²) < 4.78 is 292. The van der Waals surface area contributed by atoms with Crippen LogP contribution in [-0.4, -0.2) is 59.6 Å². The summed E-state index contributed by atoms with van der Waals surface area (Å²) in [5.41, 5.74) is -20.2. The first-order valence-corrected chi connectivity index (χ1v) is 32.4. The summed E-state index contributed by atoms with van der Waals surface area (Å²) in [6.45, 7) is 0. The van der Waals surface area contributed by atoms with E-state index in [4.69, 9.17) is 18.9 Å². The Morgan fingerprint density at radius 2 is 0.451 bits per heavy atom. The van der Waals surface area contributed by atoms with Gasteiger partial charge in [0.2, 0.25) is 5.41 Å². The average Bonchev–Trinajstić information content (AvgIpc) is 1.69. The van der Waals surface area contributed by atoms with Crippen molar-refractivity contribution >= 4 is 70.0 Å². The van der Waals surface area contributed by atoms with Gasteiger partial charge < -0.3 is 18.9 Å². The lowest BCUT2D eigenvalue weighted by molar-refractivity contribution is -0.288. The summed E-state index contributed by atoms with van der Waals surface area (Å²) in [7, 11) is 0. The van der Waals surface area contributed by atoms with Crippen LogP contribution in [0.5, 0.6) is 46.0 Å². The minimum absolute atomic E-state index is 0.0130. The molecule has 10 aromatic rings. The van der Waals surface area contributed by atoms with Crippen LogP contribution >= 0.6 is 0 Å². The molecule has 4 aliphatic rings. The lowest BCUT2D eigenvalue weighted by Crippen LogP contribution is -2.55. The number of halogens is 18. The fraction of sp³-hybridized carbons (Fsp3) is 0.0886. The van der Waals surface area contributed by atoms with E-state index in [0.717, 1.165) is 60.7 Å². The number of alkyl halides is 18. The van der Waals surface area contributed by atoms with Crippen LogP contribution in [0, 0.1) is 0 Å². The van der Waals surface area contributed by atoms with Gasteiger partial charge in [0.1, 0.15) is 68.2 Å². The zero-order chi connectivity index (χ0) is 81.1. The summed E-state index contributed by atoms with van der Waals surface area (Å²) in [5.74, 6) is -14.0. The molecule has 0 saturated heterocycles. The van der Waals surface area contributed by atoms with E-state index >= 15 is 26.3 Å². The van der Waals surface area contributed by atoms with Crippen molar-refractivity contribution in [3.63, 3.8) is 0 Å². The molecule has 0 spiro atoms. The molecule has 16 nitrogen and oxygen atoms in total. The van der Waals surface area contributed by atoms with Gasteiger partial charge in [0.15, 0.2) is 0 Å². The van der Waals surface area contributed by atoms with E-state index in [-0.39, 0.29) is 80.6 Å². The van der Waals surface area contributed by atoms with E-state index in [9.17, 15) is 91.0 Å². The molecule has 0 atom stereocenters. The third kappa shape index (κ3) is 13.8. The van der Waals surface area contributed by atoms with Gasteiger partial charge in [-0.1, -0.05) is 60.7 Å². The fourth-order valence-corrected chi connectivity index (χ4v) is 12.9. The molecule has 10 aromatic carbocycles. The number of carbonyl (C=O) groups is 8. The molecule has 14 rings (SSSR count). The Hall–Kier alpha value is -13.8. The second-order valence-electron chi connectivity index (χ2n) is 25.1. The van der Waals surface area contributed by atoms with Crippen LogP contribution in [0.4, 0.5) is 102 Å². The van der Waals surface area contributed by atoms with Crippen LogP contribution < -0.4 is 38.5 Å². The number of rotatable bonds is 16. The lowest BCUT2D eigenvalue weighted by atomic mass is 9.71. The van der Waals surface area contributed by atoms with Crippen molar-refractivity contribution < 1.29 is 136 Å².